The summed E-state index contributed by atoms with van der Waals surface area (Å²) in [6.45, 7) is 7.67. The van der Waals surface area contributed by atoms with Crippen LogP contribution in [0.3, 0.4) is 0 Å². The second-order valence-corrected chi connectivity index (χ2v) is 5.99. The van der Waals surface area contributed by atoms with E-state index in [4.69, 9.17) is 9.47 Å². The van der Waals surface area contributed by atoms with Crippen LogP contribution in [0.4, 0.5) is 4.39 Å². The molecule has 2 aromatic carbocycles. The van der Waals surface area contributed by atoms with E-state index in [1.165, 1.54) is 12.1 Å². The second-order valence-electron chi connectivity index (χ2n) is 5.99. The Labute approximate surface area is 160 Å². The molecule has 2 N–H and O–H groups in total. The van der Waals surface area contributed by atoms with Crippen LogP contribution in [0.2, 0.25) is 0 Å². The number of hydrogen-bond donors (Lipinski definition) is 2. The minimum Gasteiger partial charge on any atom is -0.490 e. The average molecular weight is 373 g/mol. The molecule has 0 amide bonds. The first-order valence-corrected chi connectivity index (χ1v) is 9.18. The third kappa shape index (κ3) is 6.16. The summed E-state index contributed by atoms with van der Waals surface area (Å²) in [5, 5.41) is 6.59. The minimum atomic E-state index is -0.240. The Hall–Kier alpha value is -2.76. The number of benzene rings is 2. The van der Waals surface area contributed by atoms with Crippen molar-refractivity contribution in [2.75, 3.05) is 20.3 Å². The van der Waals surface area contributed by atoms with Gasteiger partial charge in [-0.05, 0) is 56.2 Å². The molecule has 0 aliphatic rings. The topological polar surface area (TPSA) is 54.9 Å². The lowest BCUT2D eigenvalue weighted by molar-refractivity contribution is 0.287. The van der Waals surface area contributed by atoms with Gasteiger partial charge in [-0.15, -0.1) is 0 Å². The zero-order valence-electron chi connectivity index (χ0n) is 16.4. The number of ether oxygens (including phenoxy) is 2. The fourth-order valence-corrected chi connectivity index (χ4v) is 2.61. The lowest BCUT2D eigenvalue weighted by Gasteiger charge is -2.20. The van der Waals surface area contributed by atoms with Gasteiger partial charge in [-0.2, -0.15) is 0 Å². The highest BCUT2D eigenvalue weighted by atomic mass is 19.1. The van der Waals surface area contributed by atoms with Gasteiger partial charge < -0.3 is 20.1 Å². The Morgan fingerprint density at radius 2 is 1.70 bits per heavy atom. The molecule has 0 saturated carbocycles. The highest BCUT2D eigenvalue weighted by Crippen LogP contribution is 2.30. The maximum atomic E-state index is 13.0. The molecular formula is C21H28FN3O2. The predicted octanol–water partition coefficient (Wildman–Crippen LogP) is 4.05. The van der Waals surface area contributed by atoms with Crippen molar-refractivity contribution in [3.05, 3.63) is 59.4 Å². The summed E-state index contributed by atoms with van der Waals surface area (Å²) in [6.07, 6.45) is 0. The van der Waals surface area contributed by atoms with E-state index in [0.717, 1.165) is 22.6 Å². The van der Waals surface area contributed by atoms with E-state index >= 15 is 0 Å². The molecule has 0 bridgehead atoms. The van der Waals surface area contributed by atoms with Gasteiger partial charge in [0.25, 0.3) is 0 Å². The molecule has 146 valence electrons. The molecule has 0 heterocycles. The monoisotopic (exact) mass is 373 g/mol. The Kier molecular flexibility index (Phi) is 7.92. The quantitative estimate of drug-likeness (QED) is 0.541. The molecule has 1 atom stereocenters. The van der Waals surface area contributed by atoms with Crippen LogP contribution in [0.25, 0.3) is 0 Å². The third-order valence-electron chi connectivity index (χ3n) is 4.02. The van der Waals surface area contributed by atoms with Gasteiger partial charge in [0.05, 0.1) is 19.3 Å². The van der Waals surface area contributed by atoms with Crippen molar-refractivity contribution in [2.45, 2.75) is 33.4 Å². The van der Waals surface area contributed by atoms with Crippen molar-refractivity contribution in [1.82, 2.24) is 10.6 Å². The minimum absolute atomic E-state index is 0.0132. The average Bonchev–Trinajstić information content (AvgIpc) is 2.68. The van der Waals surface area contributed by atoms with Crippen LogP contribution in [0.15, 0.2) is 47.5 Å². The molecule has 5 nitrogen and oxygen atoms in total. The molecule has 0 saturated heterocycles. The lowest BCUT2D eigenvalue weighted by Crippen LogP contribution is -2.38. The second kappa shape index (κ2) is 10.4. The number of rotatable bonds is 8. The highest BCUT2D eigenvalue weighted by molar-refractivity contribution is 5.80. The standard InChI is InChI=1S/C21H28FN3O2/c1-5-26-19-12-9-17(13-20(19)27-6-2)15(3)25-21(23-4)24-14-16-7-10-18(22)11-8-16/h7-13,15H,5-6,14H2,1-4H3,(H2,23,24,25). The molecule has 0 aliphatic heterocycles. The summed E-state index contributed by atoms with van der Waals surface area (Å²) < 4.78 is 24.3. The molecule has 0 aliphatic carbocycles. The van der Waals surface area contributed by atoms with Crippen LogP contribution in [-0.2, 0) is 6.54 Å². The van der Waals surface area contributed by atoms with Crippen LogP contribution in [0, 0.1) is 5.82 Å². The maximum absolute atomic E-state index is 13.0. The number of halogens is 1. The van der Waals surface area contributed by atoms with Gasteiger partial charge in [0.2, 0.25) is 0 Å². The Bertz CT molecular complexity index is 748. The number of hydrogen-bond acceptors (Lipinski definition) is 3. The van der Waals surface area contributed by atoms with Gasteiger partial charge >= 0.3 is 0 Å². The Morgan fingerprint density at radius 1 is 1.04 bits per heavy atom. The fraction of sp³-hybridized carbons (Fsp3) is 0.381. The van der Waals surface area contributed by atoms with Crippen LogP contribution < -0.4 is 20.1 Å². The number of aliphatic imine (C=N–C) groups is 1. The molecule has 0 aromatic heterocycles. The van der Waals surface area contributed by atoms with E-state index in [1.807, 2.05) is 32.0 Å². The first kappa shape index (κ1) is 20.6. The zero-order chi connectivity index (χ0) is 19.6. The lowest BCUT2D eigenvalue weighted by atomic mass is 10.1. The summed E-state index contributed by atoms with van der Waals surface area (Å²) in [6, 6.07) is 12.3. The van der Waals surface area contributed by atoms with E-state index in [2.05, 4.69) is 22.5 Å². The fourth-order valence-electron chi connectivity index (χ4n) is 2.61. The summed E-state index contributed by atoms with van der Waals surface area (Å²) in [7, 11) is 1.72. The Morgan fingerprint density at radius 3 is 2.33 bits per heavy atom. The molecule has 2 aromatic rings. The summed E-state index contributed by atoms with van der Waals surface area (Å²) in [4.78, 5) is 4.26. The van der Waals surface area contributed by atoms with E-state index < -0.39 is 0 Å². The van der Waals surface area contributed by atoms with Crippen molar-refractivity contribution < 1.29 is 13.9 Å². The van der Waals surface area contributed by atoms with Crippen LogP contribution in [-0.4, -0.2) is 26.2 Å². The molecule has 27 heavy (non-hydrogen) atoms. The van der Waals surface area contributed by atoms with Crippen molar-refractivity contribution in [1.29, 1.82) is 0 Å². The van der Waals surface area contributed by atoms with Gasteiger partial charge in [-0.25, -0.2) is 4.39 Å². The van der Waals surface area contributed by atoms with Crippen molar-refractivity contribution in [3.8, 4) is 11.5 Å². The van der Waals surface area contributed by atoms with Gasteiger partial charge in [0.15, 0.2) is 17.5 Å². The SMILES string of the molecule is CCOc1ccc(C(C)NC(=NC)NCc2ccc(F)cc2)cc1OCC. The Balaban J connectivity index is 2.01. The van der Waals surface area contributed by atoms with Crippen LogP contribution >= 0.6 is 0 Å². The summed E-state index contributed by atoms with van der Waals surface area (Å²) >= 11 is 0. The maximum Gasteiger partial charge on any atom is 0.191 e. The molecule has 1 unspecified atom stereocenters. The zero-order valence-corrected chi connectivity index (χ0v) is 16.4. The normalized spacial score (nSPS) is 12.4. The van der Waals surface area contributed by atoms with Crippen molar-refractivity contribution in [3.63, 3.8) is 0 Å². The highest BCUT2D eigenvalue weighted by Gasteiger charge is 2.12. The number of nitrogens with zero attached hydrogens (tertiary/aromatic N) is 1. The third-order valence-corrected chi connectivity index (χ3v) is 4.02. The van der Waals surface area contributed by atoms with Crippen molar-refractivity contribution in [2.24, 2.45) is 4.99 Å². The van der Waals surface area contributed by atoms with Gasteiger partial charge in [-0.3, -0.25) is 4.99 Å². The van der Waals surface area contributed by atoms with Crippen LogP contribution in [0.1, 0.15) is 37.9 Å². The van der Waals surface area contributed by atoms with E-state index in [-0.39, 0.29) is 11.9 Å². The summed E-state index contributed by atoms with van der Waals surface area (Å²) in [5.74, 6) is 1.91. The smallest absolute Gasteiger partial charge is 0.191 e. The molecule has 0 spiro atoms. The molecule has 0 fully saturated rings. The van der Waals surface area contributed by atoms with Crippen molar-refractivity contribution >= 4 is 5.96 Å². The van der Waals surface area contributed by atoms with E-state index in [9.17, 15) is 4.39 Å². The summed E-state index contributed by atoms with van der Waals surface area (Å²) in [5.41, 5.74) is 2.04. The largest absolute Gasteiger partial charge is 0.490 e. The number of guanidine groups is 1. The molecule has 0 radical (unpaired) electrons. The molecular weight excluding hydrogens is 345 g/mol. The first-order valence-electron chi connectivity index (χ1n) is 9.18. The van der Waals surface area contributed by atoms with E-state index in [1.54, 1.807) is 19.2 Å². The van der Waals surface area contributed by atoms with Gasteiger partial charge in [-0.1, -0.05) is 18.2 Å². The number of nitrogens with one attached hydrogen (secondary N) is 2. The molecule has 2 rings (SSSR count). The van der Waals surface area contributed by atoms with E-state index in [0.29, 0.717) is 25.7 Å². The predicted molar refractivity (Wildman–Crippen MR) is 107 cm³/mol. The first-order chi connectivity index (χ1) is 13.1. The van der Waals surface area contributed by atoms with Gasteiger partial charge in [0.1, 0.15) is 5.82 Å². The molecule has 6 heteroatoms. The van der Waals surface area contributed by atoms with Crippen LogP contribution in [0.5, 0.6) is 11.5 Å². The van der Waals surface area contributed by atoms with Gasteiger partial charge in [0, 0.05) is 13.6 Å².